The van der Waals surface area contributed by atoms with Gasteiger partial charge in [-0.3, -0.25) is 14.8 Å². The van der Waals surface area contributed by atoms with Gasteiger partial charge in [-0.15, -0.1) is 0 Å². The number of nitro groups is 1. The van der Waals surface area contributed by atoms with Gasteiger partial charge < -0.3 is 5.32 Å². The van der Waals surface area contributed by atoms with Gasteiger partial charge >= 0.3 is 0 Å². The average Bonchev–Trinajstić information content (AvgIpc) is 2.99. The number of nitro benzene ring substituents is 1. The lowest BCUT2D eigenvalue weighted by atomic mass is 10.1. The van der Waals surface area contributed by atoms with Gasteiger partial charge in [0.25, 0.3) is 5.69 Å². The lowest BCUT2D eigenvalue weighted by Crippen LogP contribution is -2.06. The Bertz CT molecular complexity index is 854. The maximum Gasteiger partial charge on any atom is 0.270 e. The first-order chi connectivity index (χ1) is 10.4. The first kappa shape index (κ1) is 14.5. The van der Waals surface area contributed by atoms with Crippen molar-refractivity contribution in [3.63, 3.8) is 0 Å². The second-order valence-corrected chi connectivity index (χ2v) is 6.17. The Morgan fingerprint density at radius 1 is 1.45 bits per heavy atom. The highest BCUT2D eigenvalue weighted by Crippen LogP contribution is 2.31. The topological polar surface area (TPSA) is 85.9 Å². The van der Waals surface area contributed by atoms with Crippen LogP contribution in [0.1, 0.15) is 24.2 Å². The quantitative estimate of drug-likeness (QED) is 0.588. The number of thiazole rings is 1. The number of fused-ring (bicyclic) bond motifs is 1. The summed E-state index contributed by atoms with van der Waals surface area (Å²) in [6.45, 7) is 4.01. The molecule has 0 unspecified atom stereocenters. The van der Waals surface area contributed by atoms with Gasteiger partial charge in [-0.05, 0) is 19.9 Å². The van der Waals surface area contributed by atoms with Crippen molar-refractivity contribution in [1.82, 2.24) is 14.8 Å². The van der Waals surface area contributed by atoms with Crippen LogP contribution in [0.2, 0.25) is 0 Å². The highest BCUT2D eigenvalue weighted by Gasteiger charge is 2.15. The summed E-state index contributed by atoms with van der Waals surface area (Å²) in [7, 11) is 1.89. The van der Waals surface area contributed by atoms with E-state index in [1.807, 2.05) is 27.1 Å². The molecule has 8 heteroatoms. The molecule has 7 nitrogen and oxygen atoms in total. The summed E-state index contributed by atoms with van der Waals surface area (Å²) in [4.78, 5) is 14.9. The minimum absolute atomic E-state index is 0.0595. The summed E-state index contributed by atoms with van der Waals surface area (Å²) in [5.74, 6) is 0. The molecule has 0 spiro atoms. The zero-order valence-electron chi connectivity index (χ0n) is 12.4. The molecule has 0 aliphatic carbocycles. The summed E-state index contributed by atoms with van der Waals surface area (Å²) in [5, 5.41) is 19.2. The number of benzene rings is 1. The minimum atomic E-state index is -0.395. The van der Waals surface area contributed by atoms with E-state index in [1.54, 1.807) is 16.8 Å². The van der Waals surface area contributed by atoms with Crippen LogP contribution in [0.5, 0.6) is 0 Å². The summed E-state index contributed by atoms with van der Waals surface area (Å²) < 4.78 is 2.58. The molecule has 0 saturated heterocycles. The Morgan fingerprint density at radius 3 is 2.86 bits per heavy atom. The zero-order chi connectivity index (χ0) is 15.9. The molecule has 3 rings (SSSR count). The number of aromatic nitrogens is 3. The van der Waals surface area contributed by atoms with Gasteiger partial charge in [0.2, 0.25) is 0 Å². The third-order valence-corrected chi connectivity index (χ3v) is 4.39. The third kappa shape index (κ3) is 2.64. The van der Waals surface area contributed by atoms with Crippen molar-refractivity contribution in [2.24, 2.45) is 7.05 Å². The molecular weight excluding hydrogens is 302 g/mol. The smallest absolute Gasteiger partial charge is 0.270 e. The molecule has 2 aromatic heterocycles. The van der Waals surface area contributed by atoms with E-state index in [0.29, 0.717) is 0 Å². The van der Waals surface area contributed by atoms with Gasteiger partial charge in [0.05, 0.1) is 26.9 Å². The Hall–Kier alpha value is -2.48. The van der Waals surface area contributed by atoms with Gasteiger partial charge in [0.15, 0.2) is 5.13 Å². The molecule has 0 aliphatic rings. The summed E-state index contributed by atoms with van der Waals surface area (Å²) in [6.07, 6.45) is 1.98. The Kier molecular flexibility index (Phi) is 3.53. The summed E-state index contributed by atoms with van der Waals surface area (Å²) >= 11 is 1.41. The standard InChI is InChI=1S/C14H15N5O2S/c1-8(11-7-18(3)17-9(11)2)15-14-16-12-5-4-10(19(20)21)6-13(12)22-14/h4-8H,1-3H3,(H,15,16)/t8-/m1/s1. The normalized spacial score (nSPS) is 12.5. The highest BCUT2D eigenvalue weighted by molar-refractivity contribution is 7.22. The van der Waals surface area contributed by atoms with E-state index in [0.717, 1.165) is 26.6 Å². The van der Waals surface area contributed by atoms with Crippen molar-refractivity contribution >= 4 is 32.4 Å². The maximum atomic E-state index is 10.8. The molecule has 0 amide bonds. The number of hydrogen-bond donors (Lipinski definition) is 1. The zero-order valence-corrected chi connectivity index (χ0v) is 13.2. The first-order valence-electron chi connectivity index (χ1n) is 6.75. The van der Waals surface area contributed by atoms with Crippen LogP contribution in [0.15, 0.2) is 24.4 Å². The SMILES string of the molecule is Cc1nn(C)cc1[C@@H](C)Nc1nc2ccc([N+](=O)[O-])cc2s1. The predicted molar refractivity (Wildman–Crippen MR) is 86.3 cm³/mol. The molecule has 0 radical (unpaired) electrons. The number of non-ortho nitro benzene ring substituents is 1. The minimum Gasteiger partial charge on any atom is -0.355 e. The van der Waals surface area contributed by atoms with Crippen LogP contribution in [0.4, 0.5) is 10.8 Å². The van der Waals surface area contributed by atoms with Crippen LogP contribution < -0.4 is 5.32 Å². The van der Waals surface area contributed by atoms with E-state index >= 15 is 0 Å². The van der Waals surface area contributed by atoms with Gasteiger partial charge in [-0.1, -0.05) is 11.3 Å². The molecule has 0 saturated carbocycles. The predicted octanol–water partition coefficient (Wildman–Crippen LogP) is 3.42. The average molecular weight is 317 g/mol. The number of nitrogens with one attached hydrogen (secondary N) is 1. The van der Waals surface area contributed by atoms with Crippen molar-refractivity contribution in [3.8, 4) is 0 Å². The van der Waals surface area contributed by atoms with E-state index < -0.39 is 4.92 Å². The second kappa shape index (κ2) is 5.38. The fraction of sp³-hybridized carbons (Fsp3) is 0.286. The molecule has 0 aliphatic heterocycles. The van der Waals surface area contributed by atoms with E-state index in [-0.39, 0.29) is 11.7 Å². The van der Waals surface area contributed by atoms with Crippen LogP contribution in [-0.2, 0) is 7.05 Å². The molecular formula is C14H15N5O2S. The van der Waals surface area contributed by atoms with Crippen LogP contribution in [0, 0.1) is 17.0 Å². The van der Waals surface area contributed by atoms with E-state index in [4.69, 9.17) is 0 Å². The molecule has 1 atom stereocenters. The Morgan fingerprint density at radius 2 is 2.23 bits per heavy atom. The number of hydrogen-bond acceptors (Lipinski definition) is 6. The lowest BCUT2D eigenvalue weighted by molar-refractivity contribution is -0.384. The molecule has 0 bridgehead atoms. The van der Waals surface area contributed by atoms with E-state index in [9.17, 15) is 10.1 Å². The Labute approximate surface area is 130 Å². The van der Waals surface area contributed by atoms with Gasteiger partial charge in [-0.2, -0.15) is 5.10 Å². The van der Waals surface area contributed by atoms with Crippen molar-refractivity contribution in [2.75, 3.05) is 5.32 Å². The molecule has 3 aromatic rings. The summed E-state index contributed by atoms with van der Waals surface area (Å²) in [5.41, 5.74) is 2.92. The van der Waals surface area contributed by atoms with Crippen LogP contribution in [0.25, 0.3) is 10.2 Å². The van der Waals surface area contributed by atoms with Crippen molar-refractivity contribution in [2.45, 2.75) is 19.9 Å². The van der Waals surface area contributed by atoms with Crippen LogP contribution in [0.3, 0.4) is 0 Å². The highest BCUT2D eigenvalue weighted by atomic mass is 32.1. The molecule has 1 N–H and O–H groups in total. The Balaban J connectivity index is 1.87. The molecule has 114 valence electrons. The maximum absolute atomic E-state index is 10.8. The summed E-state index contributed by atoms with van der Waals surface area (Å²) in [6, 6.07) is 4.76. The van der Waals surface area contributed by atoms with Crippen LogP contribution >= 0.6 is 11.3 Å². The van der Waals surface area contributed by atoms with Gasteiger partial charge in [0, 0.05) is 30.9 Å². The van der Waals surface area contributed by atoms with E-state index in [1.165, 1.54) is 17.4 Å². The van der Waals surface area contributed by atoms with Crippen molar-refractivity contribution in [3.05, 3.63) is 45.8 Å². The number of aryl methyl sites for hydroxylation is 2. The molecule has 22 heavy (non-hydrogen) atoms. The van der Waals surface area contributed by atoms with Crippen LogP contribution in [-0.4, -0.2) is 19.7 Å². The molecule has 1 aromatic carbocycles. The largest absolute Gasteiger partial charge is 0.355 e. The number of rotatable bonds is 4. The number of nitrogens with zero attached hydrogens (tertiary/aromatic N) is 4. The molecule has 0 fully saturated rings. The van der Waals surface area contributed by atoms with Crippen molar-refractivity contribution in [1.29, 1.82) is 0 Å². The first-order valence-corrected chi connectivity index (χ1v) is 7.57. The fourth-order valence-corrected chi connectivity index (χ4v) is 3.38. The lowest BCUT2D eigenvalue weighted by Gasteiger charge is -2.11. The van der Waals surface area contributed by atoms with Gasteiger partial charge in [0.1, 0.15) is 0 Å². The third-order valence-electron chi connectivity index (χ3n) is 3.44. The monoisotopic (exact) mass is 317 g/mol. The van der Waals surface area contributed by atoms with Crippen molar-refractivity contribution < 1.29 is 4.92 Å². The fourth-order valence-electron chi connectivity index (χ4n) is 2.39. The second-order valence-electron chi connectivity index (χ2n) is 5.14. The number of anilines is 1. The van der Waals surface area contributed by atoms with E-state index in [2.05, 4.69) is 15.4 Å². The molecule has 2 heterocycles. The van der Waals surface area contributed by atoms with Gasteiger partial charge in [-0.25, -0.2) is 4.98 Å².